The molecule has 0 spiro atoms. The Balaban J connectivity index is 0. The number of para-hydroxylation sites is 1. The van der Waals surface area contributed by atoms with E-state index in [9.17, 15) is 0 Å². The molecule has 7 heteroatoms. The van der Waals surface area contributed by atoms with Gasteiger partial charge in [0.25, 0.3) is 0 Å². The summed E-state index contributed by atoms with van der Waals surface area (Å²) in [6.45, 7) is 0. The number of hydrogen-bond acceptors (Lipinski definition) is 4. The predicted octanol–water partition coefficient (Wildman–Crippen LogP) is -3.20. The second kappa shape index (κ2) is 7.31. The molecule has 0 saturated carbocycles. The van der Waals surface area contributed by atoms with Crippen molar-refractivity contribution >= 4 is 10.3 Å². The Hall–Kier alpha value is -0.110. The molecule has 68 valence electrons. The number of aromatic hydroxyl groups is 1. The molecule has 1 aromatic rings. The molecule has 0 atom stereocenters. The van der Waals surface area contributed by atoms with Crippen LogP contribution in [0, 0.1) is 0 Å². The molecule has 1 rings (SSSR count). The van der Waals surface area contributed by atoms with E-state index < -0.39 is 10.3 Å². The van der Waals surface area contributed by atoms with Crippen LogP contribution in [-0.4, -0.2) is 18.1 Å². The molecule has 3 N–H and O–H groups in total. The van der Waals surface area contributed by atoms with Crippen LogP contribution >= 0.6 is 0 Å². The molecular weight excluding hydrogens is 205 g/mol. The van der Waals surface area contributed by atoms with E-state index in [4.69, 9.17) is 18.1 Å². The third-order valence-corrected chi connectivity index (χ3v) is 0.756. The quantitative estimate of drug-likeness (QED) is 0.350. The number of phenolic OH excluding ortho intramolecular Hbond substituents is 1. The number of nitrogens with two attached hydrogens (primary N) is 1. The van der Waals surface area contributed by atoms with Crippen molar-refractivity contribution in [3.63, 3.8) is 0 Å². The van der Waals surface area contributed by atoms with Crippen LogP contribution in [-0.2, 0) is 10.3 Å². The van der Waals surface area contributed by atoms with Gasteiger partial charge in [-0.3, -0.25) is 0 Å². The van der Waals surface area contributed by atoms with Crippen LogP contribution in [0.4, 0.5) is 0 Å². The van der Waals surface area contributed by atoms with Crippen molar-refractivity contribution in [3.05, 3.63) is 30.3 Å². The molecule has 0 aromatic heterocycles. The Morgan fingerprint density at radius 3 is 1.69 bits per heavy atom. The second-order valence-electron chi connectivity index (χ2n) is 1.83. The van der Waals surface area contributed by atoms with Crippen LogP contribution in [0.3, 0.4) is 0 Å². The summed E-state index contributed by atoms with van der Waals surface area (Å²) in [6, 6.07) is 8.71. The van der Waals surface area contributed by atoms with Gasteiger partial charge in [-0.05, 0) is 12.1 Å². The largest absolute Gasteiger partial charge is 1.00 e. The third kappa shape index (κ3) is 18.7. The maximum atomic E-state index is 8.85. The summed E-state index contributed by atoms with van der Waals surface area (Å²) in [7, 11) is -4.42. The molecule has 0 fully saturated rings. The fourth-order valence-electron chi connectivity index (χ4n) is 0.428. The minimum Gasteiger partial charge on any atom is -0.736 e. The summed E-state index contributed by atoms with van der Waals surface area (Å²) < 4.78 is 26.6. The summed E-state index contributed by atoms with van der Waals surface area (Å²) in [5, 5.41) is 12.4. The maximum absolute atomic E-state index is 8.85. The third-order valence-electron chi connectivity index (χ3n) is 0.756. The molecule has 0 unspecified atom stereocenters. The topological polar surface area (TPSA) is 103 Å². The Kier molecular flexibility index (Phi) is 8.64. The number of phenols is 1. The Labute approximate surface area is 98.7 Å². The first-order valence-corrected chi connectivity index (χ1v) is 4.34. The van der Waals surface area contributed by atoms with E-state index in [-0.39, 0.29) is 29.6 Å². The first-order chi connectivity index (χ1) is 5.39. The van der Waals surface area contributed by atoms with Crippen molar-refractivity contribution in [1.82, 2.24) is 0 Å². The second-order valence-corrected chi connectivity index (χ2v) is 2.81. The summed E-state index contributed by atoms with van der Waals surface area (Å²) in [4.78, 5) is 0. The molecule has 0 bridgehead atoms. The van der Waals surface area contributed by atoms with Crippen molar-refractivity contribution in [2.45, 2.75) is 0 Å². The van der Waals surface area contributed by atoms with Crippen molar-refractivity contribution in [1.29, 1.82) is 0 Å². The monoisotopic (exact) mass is 213 g/mol. The van der Waals surface area contributed by atoms with E-state index in [0.29, 0.717) is 5.75 Å². The number of rotatable bonds is 0. The van der Waals surface area contributed by atoms with E-state index in [2.05, 4.69) is 5.14 Å². The van der Waals surface area contributed by atoms with E-state index in [0.717, 1.165) is 0 Å². The summed E-state index contributed by atoms with van der Waals surface area (Å²) in [6.07, 6.45) is 0. The molecule has 0 amide bonds. The number of benzene rings is 1. The van der Waals surface area contributed by atoms with Gasteiger partial charge >= 0.3 is 29.6 Å². The Morgan fingerprint density at radius 1 is 1.23 bits per heavy atom. The van der Waals surface area contributed by atoms with Gasteiger partial charge in [-0.1, -0.05) is 18.2 Å². The van der Waals surface area contributed by atoms with Gasteiger partial charge in [-0.25, -0.2) is 13.6 Å². The molecule has 0 aliphatic carbocycles. The van der Waals surface area contributed by atoms with Gasteiger partial charge in [0.05, 0.1) is 0 Å². The standard InChI is InChI=1S/C6H6O.H3NO3S.Na/c7-6-4-2-1-3-5-6;1-5(2,3)4;/h1-5,7H;(H3,1,2,3,4);/q;;+1/p-1. The van der Waals surface area contributed by atoms with Gasteiger partial charge in [0.2, 0.25) is 0 Å². The Morgan fingerprint density at radius 2 is 1.54 bits per heavy atom. The summed E-state index contributed by atoms with van der Waals surface area (Å²) in [5.74, 6) is 0.322. The van der Waals surface area contributed by atoms with Gasteiger partial charge in [-0.2, -0.15) is 0 Å². The smallest absolute Gasteiger partial charge is 0.736 e. The van der Waals surface area contributed by atoms with Crippen LogP contribution in [0.2, 0.25) is 0 Å². The van der Waals surface area contributed by atoms with Gasteiger partial charge in [0.15, 0.2) is 10.3 Å². The molecule has 13 heavy (non-hydrogen) atoms. The van der Waals surface area contributed by atoms with Gasteiger partial charge in [0.1, 0.15) is 5.75 Å². The first kappa shape index (κ1) is 15.4. The number of hydrogen-bond donors (Lipinski definition) is 2. The molecule has 0 saturated heterocycles. The van der Waals surface area contributed by atoms with Crippen LogP contribution in [0.15, 0.2) is 30.3 Å². The van der Waals surface area contributed by atoms with Crippen molar-refractivity contribution in [3.8, 4) is 5.75 Å². The summed E-state index contributed by atoms with van der Waals surface area (Å²) in [5.41, 5.74) is 0. The minimum atomic E-state index is -4.42. The fourth-order valence-corrected chi connectivity index (χ4v) is 0.428. The van der Waals surface area contributed by atoms with Crippen LogP contribution < -0.4 is 34.7 Å². The zero-order valence-electron chi connectivity index (χ0n) is 7.04. The SMILES string of the molecule is NS(=O)(=O)[O-].Oc1ccccc1.[Na+]. The molecule has 5 nitrogen and oxygen atoms in total. The van der Waals surface area contributed by atoms with Crippen LogP contribution in [0.5, 0.6) is 5.75 Å². The van der Waals surface area contributed by atoms with Crippen molar-refractivity contribution < 1.29 is 47.6 Å². The van der Waals surface area contributed by atoms with Gasteiger partial charge < -0.3 is 9.66 Å². The van der Waals surface area contributed by atoms with E-state index in [1.165, 1.54) is 0 Å². The molecule has 0 aliphatic rings. The van der Waals surface area contributed by atoms with Gasteiger partial charge in [0, 0.05) is 0 Å². The zero-order chi connectivity index (χ0) is 9.61. The predicted molar refractivity (Wildman–Crippen MR) is 42.0 cm³/mol. The average molecular weight is 213 g/mol. The average Bonchev–Trinajstić information content (AvgIpc) is 1.85. The normalized spacial score (nSPS) is 9.08. The molecule has 0 radical (unpaired) electrons. The first-order valence-electron chi connectivity index (χ1n) is 2.87. The minimum absolute atomic E-state index is 0. The van der Waals surface area contributed by atoms with E-state index in [1.807, 2.05) is 6.07 Å². The van der Waals surface area contributed by atoms with Crippen molar-refractivity contribution in [2.75, 3.05) is 0 Å². The fraction of sp³-hybridized carbons (Fsp3) is 0. The molecule has 1 aromatic carbocycles. The van der Waals surface area contributed by atoms with Crippen LogP contribution in [0.25, 0.3) is 0 Å². The van der Waals surface area contributed by atoms with Crippen LogP contribution in [0.1, 0.15) is 0 Å². The van der Waals surface area contributed by atoms with E-state index in [1.54, 1.807) is 24.3 Å². The molecular formula is C6H8NNaO4S. The molecule has 0 heterocycles. The van der Waals surface area contributed by atoms with Crippen molar-refractivity contribution in [2.24, 2.45) is 5.14 Å². The summed E-state index contributed by atoms with van der Waals surface area (Å²) >= 11 is 0. The Bertz CT molecular complexity index is 305. The molecule has 0 aliphatic heterocycles. The van der Waals surface area contributed by atoms with E-state index >= 15 is 0 Å². The van der Waals surface area contributed by atoms with Gasteiger partial charge in [-0.15, -0.1) is 0 Å². The maximum Gasteiger partial charge on any atom is 1.00 e. The zero-order valence-corrected chi connectivity index (χ0v) is 9.86.